The molecule has 2 aliphatic rings. The van der Waals surface area contributed by atoms with Gasteiger partial charge in [0.1, 0.15) is 12.2 Å². The number of rotatable bonds is 0. The Morgan fingerprint density at radius 1 is 0.900 bits per heavy atom. The lowest BCUT2D eigenvalue weighted by atomic mass is 10.1. The van der Waals surface area contributed by atoms with E-state index in [0.717, 1.165) is 13.2 Å². The van der Waals surface area contributed by atoms with Crippen LogP contribution in [0.4, 0.5) is 0 Å². The largest absolute Gasteiger partial charge is 0.369 e. The molecule has 10 heavy (non-hydrogen) atoms. The molecule has 1 aliphatic carbocycles. The van der Waals surface area contributed by atoms with Crippen molar-refractivity contribution in [3.8, 4) is 0 Å². The molecular weight excluding hydrogens is 128 g/mol. The summed E-state index contributed by atoms with van der Waals surface area (Å²) in [6.07, 6.45) is 8.39. The van der Waals surface area contributed by atoms with Crippen LogP contribution in [0.15, 0.2) is 24.3 Å². The van der Waals surface area contributed by atoms with Crippen LogP contribution in [0.2, 0.25) is 0 Å². The Morgan fingerprint density at radius 3 is 1.90 bits per heavy atom. The Morgan fingerprint density at radius 2 is 1.40 bits per heavy atom. The van der Waals surface area contributed by atoms with E-state index in [9.17, 15) is 0 Å². The predicted molar refractivity (Wildman–Crippen MR) is 37.8 cm³/mol. The second-order valence-electron chi connectivity index (χ2n) is 2.44. The van der Waals surface area contributed by atoms with Crippen LogP contribution in [0.5, 0.6) is 0 Å². The fraction of sp³-hybridized carbons (Fsp3) is 0.500. The summed E-state index contributed by atoms with van der Waals surface area (Å²) in [5.74, 6) is 0. The summed E-state index contributed by atoms with van der Waals surface area (Å²) in [6, 6.07) is 0. The molecule has 2 unspecified atom stereocenters. The highest BCUT2D eigenvalue weighted by atomic mass is 16.6. The van der Waals surface area contributed by atoms with Crippen molar-refractivity contribution >= 4 is 0 Å². The van der Waals surface area contributed by atoms with Crippen LogP contribution in [0, 0.1) is 0 Å². The first-order valence-corrected chi connectivity index (χ1v) is 3.55. The van der Waals surface area contributed by atoms with E-state index >= 15 is 0 Å². The molecule has 0 bridgehead atoms. The number of allylic oxidation sites excluding steroid dienone is 2. The standard InChI is InChI=1S/C8H10O2/c1-2-4-8-7(3-1)9-5-6-10-8/h1-4,7-8H,5-6H2. The van der Waals surface area contributed by atoms with E-state index in [4.69, 9.17) is 9.47 Å². The minimum atomic E-state index is 0.166. The van der Waals surface area contributed by atoms with Crippen LogP contribution >= 0.6 is 0 Å². The summed E-state index contributed by atoms with van der Waals surface area (Å²) >= 11 is 0. The average molecular weight is 138 g/mol. The molecule has 0 aromatic heterocycles. The predicted octanol–water partition coefficient (Wildman–Crippen LogP) is 0.896. The van der Waals surface area contributed by atoms with Crippen LogP contribution in [0.3, 0.4) is 0 Å². The molecule has 1 heterocycles. The zero-order valence-electron chi connectivity index (χ0n) is 5.69. The van der Waals surface area contributed by atoms with E-state index in [1.807, 2.05) is 24.3 Å². The van der Waals surface area contributed by atoms with Gasteiger partial charge >= 0.3 is 0 Å². The molecule has 0 N–H and O–H groups in total. The van der Waals surface area contributed by atoms with E-state index < -0.39 is 0 Å². The van der Waals surface area contributed by atoms with Gasteiger partial charge in [0.05, 0.1) is 13.2 Å². The van der Waals surface area contributed by atoms with Gasteiger partial charge in [-0.25, -0.2) is 0 Å². The molecule has 1 fully saturated rings. The summed E-state index contributed by atoms with van der Waals surface area (Å²) in [4.78, 5) is 0. The second-order valence-corrected chi connectivity index (χ2v) is 2.44. The summed E-state index contributed by atoms with van der Waals surface area (Å²) in [6.45, 7) is 1.44. The van der Waals surface area contributed by atoms with Crippen LogP contribution < -0.4 is 0 Å². The Labute approximate surface area is 60.1 Å². The fourth-order valence-electron chi connectivity index (χ4n) is 1.24. The minimum absolute atomic E-state index is 0.166. The van der Waals surface area contributed by atoms with Crippen molar-refractivity contribution < 1.29 is 9.47 Å². The molecule has 2 heteroatoms. The van der Waals surface area contributed by atoms with Crippen molar-refractivity contribution in [2.75, 3.05) is 13.2 Å². The van der Waals surface area contributed by atoms with E-state index in [1.54, 1.807) is 0 Å². The maximum absolute atomic E-state index is 5.42. The van der Waals surface area contributed by atoms with Crippen molar-refractivity contribution in [3.63, 3.8) is 0 Å². The lowest BCUT2D eigenvalue weighted by molar-refractivity contribution is -0.102. The van der Waals surface area contributed by atoms with Crippen LogP contribution in [-0.2, 0) is 9.47 Å². The minimum Gasteiger partial charge on any atom is -0.369 e. The zero-order chi connectivity index (χ0) is 6.81. The van der Waals surface area contributed by atoms with E-state index in [2.05, 4.69) is 0 Å². The van der Waals surface area contributed by atoms with Gasteiger partial charge < -0.3 is 9.47 Å². The maximum Gasteiger partial charge on any atom is 0.106 e. The molecular formula is C8H10O2. The van der Waals surface area contributed by atoms with Crippen molar-refractivity contribution in [2.45, 2.75) is 12.2 Å². The van der Waals surface area contributed by atoms with Gasteiger partial charge in [0, 0.05) is 0 Å². The zero-order valence-corrected chi connectivity index (χ0v) is 5.69. The Balaban J connectivity index is 2.09. The third-order valence-electron chi connectivity index (χ3n) is 1.74. The molecule has 0 saturated carbocycles. The SMILES string of the molecule is C1=CC2OCCOC2C=C1. The molecule has 54 valence electrons. The maximum atomic E-state index is 5.42. The van der Waals surface area contributed by atoms with Crippen molar-refractivity contribution in [1.82, 2.24) is 0 Å². The Bertz CT molecular complexity index is 152. The van der Waals surface area contributed by atoms with Crippen molar-refractivity contribution in [1.29, 1.82) is 0 Å². The van der Waals surface area contributed by atoms with Gasteiger partial charge in [0.2, 0.25) is 0 Å². The average Bonchev–Trinajstić information content (AvgIpc) is 2.05. The van der Waals surface area contributed by atoms with Crippen LogP contribution in [0.1, 0.15) is 0 Å². The van der Waals surface area contributed by atoms with Gasteiger partial charge in [0.25, 0.3) is 0 Å². The first-order chi connectivity index (χ1) is 4.97. The lowest BCUT2D eigenvalue weighted by Gasteiger charge is -2.29. The third-order valence-corrected chi connectivity index (χ3v) is 1.74. The third kappa shape index (κ3) is 1.00. The molecule has 1 aliphatic heterocycles. The molecule has 2 rings (SSSR count). The van der Waals surface area contributed by atoms with Crippen LogP contribution in [0.25, 0.3) is 0 Å². The fourth-order valence-corrected chi connectivity index (χ4v) is 1.24. The topological polar surface area (TPSA) is 18.5 Å². The van der Waals surface area contributed by atoms with Crippen LogP contribution in [-0.4, -0.2) is 25.4 Å². The molecule has 0 aromatic carbocycles. The summed E-state index contributed by atoms with van der Waals surface area (Å²) < 4.78 is 10.8. The molecule has 0 amide bonds. The summed E-state index contributed by atoms with van der Waals surface area (Å²) in [5.41, 5.74) is 0. The van der Waals surface area contributed by atoms with E-state index in [-0.39, 0.29) is 12.2 Å². The normalized spacial score (nSPS) is 37.6. The Hall–Kier alpha value is -0.600. The van der Waals surface area contributed by atoms with Gasteiger partial charge in [-0.3, -0.25) is 0 Å². The molecule has 0 aromatic rings. The molecule has 1 saturated heterocycles. The molecule has 2 atom stereocenters. The van der Waals surface area contributed by atoms with E-state index in [1.165, 1.54) is 0 Å². The summed E-state index contributed by atoms with van der Waals surface area (Å²) in [7, 11) is 0. The molecule has 2 nitrogen and oxygen atoms in total. The highest BCUT2D eigenvalue weighted by Gasteiger charge is 2.22. The lowest BCUT2D eigenvalue weighted by Crippen LogP contribution is -2.36. The quantitative estimate of drug-likeness (QED) is 0.495. The monoisotopic (exact) mass is 138 g/mol. The van der Waals surface area contributed by atoms with Gasteiger partial charge in [-0.05, 0) is 0 Å². The first kappa shape index (κ1) is 6.13. The molecule has 0 spiro atoms. The first-order valence-electron chi connectivity index (χ1n) is 3.55. The van der Waals surface area contributed by atoms with Gasteiger partial charge in [0.15, 0.2) is 0 Å². The number of fused-ring (bicyclic) bond motifs is 1. The van der Waals surface area contributed by atoms with Gasteiger partial charge in [-0.1, -0.05) is 24.3 Å². The number of ether oxygens (including phenoxy) is 2. The van der Waals surface area contributed by atoms with Gasteiger partial charge in [-0.2, -0.15) is 0 Å². The van der Waals surface area contributed by atoms with E-state index in [0.29, 0.717) is 0 Å². The van der Waals surface area contributed by atoms with Crippen molar-refractivity contribution in [3.05, 3.63) is 24.3 Å². The summed E-state index contributed by atoms with van der Waals surface area (Å²) in [5, 5.41) is 0. The Kier molecular flexibility index (Phi) is 1.57. The number of hydrogen-bond donors (Lipinski definition) is 0. The van der Waals surface area contributed by atoms with Gasteiger partial charge in [-0.15, -0.1) is 0 Å². The smallest absolute Gasteiger partial charge is 0.106 e. The molecule has 0 radical (unpaired) electrons. The second kappa shape index (κ2) is 2.56. The van der Waals surface area contributed by atoms with Crippen molar-refractivity contribution in [2.24, 2.45) is 0 Å². The highest BCUT2D eigenvalue weighted by Crippen LogP contribution is 2.15. The highest BCUT2D eigenvalue weighted by molar-refractivity contribution is 5.17. The number of hydrogen-bond acceptors (Lipinski definition) is 2.